The second-order valence-corrected chi connectivity index (χ2v) is 20.0. The van der Waals surface area contributed by atoms with Crippen LogP contribution in [-0.2, 0) is 57.5 Å². The summed E-state index contributed by atoms with van der Waals surface area (Å²) in [4.78, 5) is 143. The lowest BCUT2D eigenvalue weighted by atomic mass is 9.81. The van der Waals surface area contributed by atoms with Crippen LogP contribution in [0.15, 0.2) is 0 Å². The molecule has 0 radical (unpaired) electrons. The van der Waals surface area contributed by atoms with Crippen molar-refractivity contribution in [2.24, 2.45) is 29.6 Å². The largest absolute Gasteiger partial charge is 0.300 e. The molecule has 12 heteroatoms. The molecule has 68 heavy (non-hydrogen) atoms. The Morgan fingerprint density at radius 1 is 0.221 bits per heavy atom. The molecule has 0 aliphatic rings. The lowest BCUT2D eigenvalue weighted by Gasteiger charge is -2.21. The van der Waals surface area contributed by atoms with Crippen LogP contribution < -0.4 is 0 Å². The van der Waals surface area contributed by atoms with E-state index < -0.39 is 17.8 Å². The van der Waals surface area contributed by atoms with E-state index in [0.717, 1.165) is 96.3 Å². The predicted molar refractivity (Wildman–Crippen MR) is 267 cm³/mol. The Kier molecular flexibility index (Phi) is 39.8. The molecule has 0 aromatic carbocycles. The van der Waals surface area contributed by atoms with Crippen LogP contribution >= 0.6 is 0 Å². The molecule has 0 fully saturated rings. The Bertz CT molecular complexity index is 1610. The third-order valence-electron chi connectivity index (χ3n) is 12.8. The molecule has 0 spiro atoms. The van der Waals surface area contributed by atoms with E-state index in [9.17, 15) is 57.5 Å². The number of hydrogen-bond acceptors (Lipinski definition) is 12. The number of carbonyl (C=O) groups excluding carboxylic acids is 12. The summed E-state index contributed by atoms with van der Waals surface area (Å²) in [5.41, 5.74) is 0. The summed E-state index contributed by atoms with van der Waals surface area (Å²) in [6.45, 7) is 13.8. The van der Waals surface area contributed by atoms with Crippen molar-refractivity contribution in [3.63, 3.8) is 0 Å². The monoisotopic (exact) mass is 957 g/mol. The molecule has 0 aromatic heterocycles. The Morgan fingerprint density at radius 2 is 0.412 bits per heavy atom. The van der Waals surface area contributed by atoms with Gasteiger partial charge >= 0.3 is 0 Å². The van der Waals surface area contributed by atoms with Gasteiger partial charge in [-0.15, -0.1) is 0 Å². The van der Waals surface area contributed by atoms with Gasteiger partial charge in [0.15, 0.2) is 0 Å². The molecular weight excluding hydrogens is 865 g/mol. The highest BCUT2D eigenvalue weighted by atomic mass is 16.2. The van der Waals surface area contributed by atoms with E-state index in [0.29, 0.717) is 64.2 Å². The van der Waals surface area contributed by atoms with Crippen LogP contribution in [0.1, 0.15) is 255 Å². The van der Waals surface area contributed by atoms with Crippen molar-refractivity contribution >= 4 is 69.4 Å². The van der Waals surface area contributed by atoms with Crippen molar-refractivity contribution in [3.05, 3.63) is 0 Å². The van der Waals surface area contributed by atoms with Crippen LogP contribution in [-0.4, -0.2) is 69.4 Å². The SMILES string of the molecule is CC(=O)CCCCCC(CC(=O)C(CCCCCC(C)=O)CC(=O)C(CCCCCC(C)=O)CC(C)=O)C(C)=O.CC(=O)CCCCCC(CC(=O)C(CCCCCC(C)=O)CC(C)=O)C(C)=O. The summed E-state index contributed by atoms with van der Waals surface area (Å²) in [6, 6.07) is 0. The van der Waals surface area contributed by atoms with Gasteiger partial charge in [-0.1, -0.05) is 64.2 Å². The Balaban J connectivity index is 0. The Hall–Kier alpha value is -3.96. The Labute approximate surface area is 410 Å². The van der Waals surface area contributed by atoms with Crippen molar-refractivity contribution in [1.82, 2.24) is 0 Å². The zero-order valence-corrected chi connectivity index (χ0v) is 44.0. The minimum atomic E-state index is -0.503. The number of ketones is 12. The van der Waals surface area contributed by atoms with Gasteiger partial charge in [-0.2, -0.15) is 0 Å². The number of carbonyl (C=O) groups is 12. The van der Waals surface area contributed by atoms with Crippen LogP contribution in [0.5, 0.6) is 0 Å². The van der Waals surface area contributed by atoms with E-state index >= 15 is 0 Å². The summed E-state index contributed by atoms with van der Waals surface area (Å²) in [6.07, 6.45) is 18.4. The minimum Gasteiger partial charge on any atom is -0.300 e. The van der Waals surface area contributed by atoms with Gasteiger partial charge in [-0.05, 0) is 127 Å². The van der Waals surface area contributed by atoms with Crippen LogP contribution in [0.4, 0.5) is 0 Å². The first-order valence-electron chi connectivity index (χ1n) is 26.0. The number of hydrogen-bond donors (Lipinski definition) is 0. The second kappa shape index (κ2) is 40.9. The maximum absolute atomic E-state index is 13.4. The first-order valence-corrected chi connectivity index (χ1v) is 26.0. The van der Waals surface area contributed by atoms with Crippen LogP contribution in [0.2, 0.25) is 0 Å². The molecule has 0 bridgehead atoms. The number of unbranched alkanes of at least 4 members (excludes halogenated alkanes) is 10. The smallest absolute Gasteiger partial charge is 0.137 e. The summed E-state index contributed by atoms with van der Waals surface area (Å²) < 4.78 is 0. The molecule has 0 N–H and O–H groups in total. The molecular formula is C56H92O12. The summed E-state index contributed by atoms with van der Waals surface area (Å²) in [5, 5.41) is 0. The molecule has 0 aliphatic heterocycles. The molecule has 5 unspecified atom stereocenters. The highest BCUT2D eigenvalue weighted by molar-refractivity contribution is 5.93. The van der Waals surface area contributed by atoms with E-state index in [4.69, 9.17) is 0 Å². The molecule has 0 amide bonds. The molecule has 0 saturated carbocycles. The third kappa shape index (κ3) is 40.0. The van der Waals surface area contributed by atoms with E-state index in [1.54, 1.807) is 34.6 Å². The molecule has 5 atom stereocenters. The van der Waals surface area contributed by atoms with E-state index in [2.05, 4.69) is 0 Å². The molecule has 12 nitrogen and oxygen atoms in total. The lowest BCUT2D eigenvalue weighted by Crippen LogP contribution is -2.27. The molecule has 0 aromatic rings. The van der Waals surface area contributed by atoms with Crippen molar-refractivity contribution < 1.29 is 57.5 Å². The number of rotatable bonds is 45. The number of Topliss-reactive ketones (excluding diaryl/α,β-unsaturated/α-hetero) is 12. The average Bonchev–Trinajstić information content (AvgIpc) is 3.22. The molecule has 0 aliphatic carbocycles. The second-order valence-electron chi connectivity index (χ2n) is 20.0. The maximum atomic E-state index is 13.4. The fourth-order valence-corrected chi connectivity index (χ4v) is 8.66. The summed E-state index contributed by atoms with van der Waals surface area (Å²) in [5.74, 6) is -1.43. The van der Waals surface area contributed by atoms with Gasteiger partial charge in [0, 0.05) is 93.8 Å². The predicted octanol–water partition coefficient (Wildman–Crippen LogP) is 11.8. The molecule has 0 heterocycles. The van der Waals surface area contributed by atoms with Gasteiger partial charge in [0.25, 0.3) is 0 Å². The van der Waals surface area contributed by atoms with Crippen LogP contribution in [0.3, 0.4) is 0 Å². The molecule has 388 valence electrons. The highest BCUT2D eigenvalue weighted by Gasteiger charge is 2.30. The van der Waals surface area contributed by atoms with E-state index in [1.165, 1.54) is 27.7 Å². The van der Waals surface area contributed by atoms with Crippen molar-refractivity contribution in [3.8, 4) is 0 Å². The minimum absolute atomic E-state index is 0.00528. The van der Waals surface area contributed by atoms with E-state index in [-0.39, 0.29) is 113 Å². The first kappa shape index (κ1) is 66.1. The third-order valence-corrected chi connectivity index (χ3v) is 12.8. The fourth-order valence-electron chi connectivity index (χ4n) is 8.66. The average molecular weight is 957 g/mol. The van der Waals surface area contributed by atoms with Gasteiger partial charge in [0.2, 0.25) is 0 Å². The summed E-state index contributed by atoms with van der Waals surface area (Å²) >= 11 is 0. The van der Waals surface area contributed by atoms with E-state index in [1.807, 2.05) is 0 Å². The van der Waals surface area contributed by atoms with Crippen LogP contribution in [0.25, 0.3) is 0 Å². The van der Waals surface area contributed by atoms with Crippen molar-refractivity contribution in [1.29, 1.82) is 0 Å². The zero-order chi connectivity index (χ0) is 52.0. The zero-order valence-electron chi connectivity index (χ0n) is 44.0. The van der Waals surface area contributed by atoms with Gasteiger partial charge in [0.05, 0.1) is 0 Å². The summed E-state index contributed by atoms with van der Waals surface area (Å²) in [7, 11) is 0. The maximum Gasteiger partial charge on any atom is 0.137 e. The molecule has 0 rings (SSSR count). The van der Waals surface area contributed by atoms with Gasteiger partial charge in [0.1, 0.15) is 69.4 Å². The van der Waals surface area contributed by atoms with Gasteiger partial charge in [-0.3, -0.25) is 24.0 Å². The Morgan fingerprint density at radius 3 is 0.603 bits per heavy atom. The standard InChI is InChI=1S/C33H54O7.C23H38O5/c1-24(34)15-9-6-12-18-29(28(5)38)22-32(39)31(20-14-8-11-17-26(3)36)23-33(40)30(21-27(4)37)19-13-7-10-16-25(2)35;1-17(24)11-7-5-9-13-21(20(4)27)16-23(28)22(15-19(3)26)14-10-6-8-12-18(2)25/h29-31H,6-23H2,1-5H3;21-22H,5-16H2,1-4H3. The van der Waals surface area contributed by atoms with Crippen molar-refractivity contribution in [2.45, 2.75) is 255 Å². The van der Waals surface area contributed by atoms with Gasteiger partial charge in [-0.25, -0.2) is 0 Å². The quantitative estimate of drug-likeness (QED) is 0.0523. The first-order chi connectivity index (χ1) is 32.0. The topological polar surface area (TPSA) is 205 Å². The van der Waals surface area contributed by atoms with Crippen LogP contribution in [0, 0.1) is 29.6 Å². The normalized spacial score (nSPS) is 13.2. The highest BCUT2D eigenvalue weighted by Crippen LogP contribution is 2.28. The van der Waals surface area contributed by atoms with Gasteiger partial charge < -0.3 is 33.6 Å². The lowest BCUT2D eigenvalue weighted by molar-refractivity contribution is -0.133. The fraction of sp³-hybridized carbons (Fsp3) is 0.786. The molecule has 0 saturated heterocycles. The van der Waals surface area contributed by atoms with Crippen molar-refractivity contribution in [2.75, 3.05) is 0 Å².